The number of hydrogen-bond donors (Lipinski definition) is 1. The molecule has 35 heavy (non-hydrogen) atoms. The van der Waals surface area contributed by atoms with E-state index < -0.39 is 6.04 Å². The Labute approximate surface area is 210 Å². The van der Waals surface area contributed by atoms with Crippen LogP contribution in [0.3, 0.4) is 0 Å². The first-order valence-electron chi connectivity index (χ1n) is 12.6. The molecular weight excluding hydrogens is 462 g/mol. The first-order chi connectivity index (χ1) is 16.9. The molecule has 3 amide bonds. The van der Waals surface area contributed by atoms with Crippen LogP contribution in [0.25, 0.3) is 10.2 Å². The maximum atomic E-state index is 13.2. The highest BCUT2D eigenvalue weighted by Gasteiger charge is 2.39. The summed E-state index contributed by atoms with van der Waals surface area (Å²) in [7, 11) is 0. The van der Waals surface area contributed by atoms with Gasteiger partial charge in [0.15, 0.2) is 0 Å². The van der Waals surface area contributed by atoms with Gasteiger partial charge in [0.1, 0.15) is 11.0 Å². The van der Waals surface area contributed by atoms with Gasteiger partial charge in [0, 0.05) is 38.7 Å². The van der Waals surface area contributed by atoms with Crippen LogP contribution in [0.15, 0.2) is 30.1 Å². The van der Waals surface area contributed by atoms with Gasteiger partial charge in [-0.15, -0.1) is 11.3 Å². The molecule has 2 aliphatic rings. The minimum atomic E-state index is -0.484. The summed E-state index contributed by atoms with van der Waals surface area (Å²) in [5, 5.41) is 3.82. The molecular formula is C26H35N5O3S. The Bertz CT molecular complexity index is 1060. The van der Waals surface area contributed by atoms with Crippen LogP contribution in [-0.2, 0) is 20.9 Å². The fourth-order valence-corrected chi connectivity index (χ4v) is 5.89. The van der Waals surface area contributed by atoms with Crippen molar-refractivity contribution < 1.29 is 14.4 Å². The zero-order valence-corrected chi connectivity index (χ0v) is 21.5. The Morgan fingerprint density at radius 2 is 1.97 bits per heavy atom. The lowest BCUT2D eigenvalue weighted by atomic mass is 9.97. The first-order valence-corrected chi connectivity index (χ1v) is 13.4. The van der Waals surface area contributed by atoms with E-state index in [9.17, 15) is 14.4 Å². The fourth-order valence-electron chi connectivity index (χ4n) is 5.01. The van der Waals surface area contributed by atoms with Gasteiger partial charge in [-0.1, -0.05) is 11.6 Å². The third-order valence-corrected chi connectivity index (χ3v) is 8.04. The van der Waals surface area contributed by atoms with Gasteiger partial charge < -0.3 is 15.1 Å². The monoisotopic (exact) mass is 497 g/mol. The molecule has 0 spiro atoms. The van der Waals surface area contributed by atoms with E-state index >= 15 is 0 Å². The number of carbonyl (C=O) groups is 3. The summed E-state index contributed by atoms with van der Waals surface area (Å²) in [4.78, 5) is 50.9. The molecule has 2 aromatic heterocycles. The van der Waals surface area contributed by atoms with Gasteiger partial charge in [-0.25, -0.2) is 4.98 Å². The van der Waals surface area contributed by atoms with Crippen molar-refractivity contribution in [2.24, 2.45) is 5.92 Å². The van der Waals surface area contributed by atoms with Crippen molar-refractivity contribution in [2.75, 3.05) is 19.6 Å². The SMILES string of the molecule is C/C=C(\C)C[C@@H]1C[C@@H](C(=O)NCc2nc3cnccc3s2)N(C(=O)CCCC(=O)N2CCCC2)C1. The van der Waals surface area contributed by atoms with E-state index in [1.807, 2.05) is 17.9 Å². The van der Waals surface area contributed by atoms with E-state index in [1.54, 1.807) is 17.3 Å². The molecule has 9 heteroatoms. The Morgan fingerprint density at radius 1 is 1.20 bits per heavy atom. The third kappa shape index (κ3) is 6.45. The summed E-state index contributed by atoms with van der Waals surface area (Å²) < 4.78 is 1.03. The predicted molar refractivity (Wildman–Crippen MR) is 137 cm³/mol. The molecule has 0 unspecified atom stereocenters. The summed E-state index contributed by atoms with van der Waals surface area (Å²) in [5.74, 6) is 0.222. The number of nitrogens with one attached hydrogen (secondary N) is 1. The van der Waals surface area contributed by atoms with Gasteiger partial charge in [0.25, 0.3) is 0 Å². The second-order valence-electron chi connectivity index (χ2n) is 9.61. The summed E-state index contributed by atoms with van der Waals surface area (Å²) >= 11 is 1.54. The highest BCUT2D eigenvalue weighted by Crippen LogP contribution is 2.30. The number of carbonyl (C=O) groups excluding carboxylic acids is 3. The van der Waals surface area contributed by atoms with Crippen LogP contribution >= 0.6 is 11.3 Å². The van der Waals surface area contributed by atoms with Crippen LogP contribution in [0.2, 0.25) is 0 Å². The molecule has 2 saturated heterocycles. The zero-order chi connectivity index (χ0) is 24.8. The van der Waals surface area contributed by atoms with Gasteiger partial charge in [-0.3, -0.25) is 19.4 Å². The first kappa shape index (κ1) is 25.3. The minimum absolute atomic E-state index is 0.0361. The van der Waals surface area contributed by atoms with Crippen LogP contribution in [0, 0.1) is 5.92 Å². The average molecular weight is 498 g/mol. The molecule has 2 aromatic rings. The largest absolute Gasteiger partial charge is 0.348 e. The van der Waals surface area contributed by atoms with E-state index in [4.69, 9.17) is 0 Å². The zero-order valence-electron chi connectivity index (χ0n) is 20.7. The van der Waals surface area contributed by atoms with E-state index in [-0.39, 0.29) is 23.6 Å². The number of allylic oxidation sites excluding steroid dienone is 2. The molecule has 4 rings (SSSR count). The van der Waals surface area contributed by atoms with Crippen LogP contribution < -0.4 is 5.32 Å². The van der Waals surface area contributed by atoms with Crippen molar-refractivity contribution in [3.05, 3.63) is 35.1 Å². The molecule has 8 nitrogen and oxygen atoms in total. The molecule has 2 atom stereocenters. The van der Waals surface area contributed by atoms with Crippen molar-refractivity contribution in [2.45, 2.75) is 71.4 Å². The van der Waals surface area contributed by atoms with Gasteiger partial charge in [-0.2, -0.15) is 0 Å². The van der Waals surface area contributed by atoms with Gasteiger partial charge in [0.05, 0.1) is 23.0 Å². The summed E-state index contributed by atoms with van der Waals surface area (Å²) in [6.45, 7) is 6.68. The fraction of sp³-hybridized carbons (Fsp3) is 0.577. The maximum Gasteiger partial charge on any atom is 0.243 e. The molecule has 4 heterocycles. The topological polar surface area (TPSA) is 95.5 Å². The molecule has 188 valence electrons. The number of aromatic nitrogens is 2. The number of fused-ring (bicyclic) bond motifs is 1. The van der Waals surface area contributed by atoms with Crippen molar-refractivity contribution in [1.29, 1.82) is 0 Å². The lowest BCUT2D eigenvalue weighted by Crippen LogP contribution is -2.45. The second-order valence-corrected chi connectivity index (χ2v) is 10.7. The van der Waals surface area contributed by atoms with E-state index in [1.165, 1.54) is 16.9 Å². The maximum absolute atomic E-state index is 13.2. The number of nitrogens with zero attached hydrogens (tertiary/aromatic N) is 4. The molecule has 0 bridgehead atoms. The number of thiazole rings is 1. The molecule has 0 aromatic carbocycles. The third-order valence-electron chi connectivity index (χ3n) is 7.00. The van der Waals surface area contributed by atoms with Crippen molar-refractivity contribution in [3.8, 4) is 0 Å². The highest BCUT2D eigenvalue weighted by molar-refractivity contribution is 7.18. The average Bonchev–Trinajstić information content (AvgIpc) is 3.61. The quantitative estimate of drug-likeness (QED) is 0.534. The number of hydrogen-bond acceptors (Lipinski definition) is 6. The number of rotatable bonds is 9. The van der Waals surface area contributed by atoms with E-state index in [0.717, 1.165) is 47.6 Å². The van der Waals surface area contributed by atoms with Crippen molar-refractivity contribution >= 4 is 39.3 Å². The Morgan fingerprint density at radius 3 is 2.71 bits per heavy atom. The molecule has 2 fully saturated rings. The molecule has 0 radical (unpaired) electrons. The van der Waals surface area contributed by atoms with Gasteiger partial charge >= 0.3 is 0 Å². The van der Waals surface area contributed by atoms with Crippen LogP contribution in [-0.4, -0.2) is 63.2 Å². The van der Waals surface area contributed by atoms with E-state index in [2.05, 4.69) is 28.3 Å². The lowest BCUT2D eigenvalue weighted by Gasteiger charge is -2.24. The number of likely N-dealkylation sites (tertiary alicyclic amines) is 2. The van der Waals surface area contributed by atoms with Gasteiger partial charge in [0.2, 0.25) is 17.7 Å². The Balaban J connectivity index is 1.35. The molecule has 2 aliphatic heterocycles. The van der Waals surface area contributed by atoms with Gasteiger partial charge in [-0.05, 0) is 57.9 Å². The standard InChI is InChI=1S/C26H35N5O3S/c1-3-18(2)13-19-14-21(26(34)28-16-23-29-20-15-27-10-9-22(20)35-23)31(17-19)25(33)8-6-7-24(32)30-11-4-5-12-30/h3,9-10,15,19,21H,4-8,11-14,16-17H2,1-2H3,(H,28,34)/b18-3+/t19-,21+/m1/s1. The van der Waals surface area contributed by atoms with Crippen LogP contribution in [0.1, 0.15) is 63.8 Å². The summed E-state index contributed by atoms with van der Waals surface area (Å²) in [5.41, 5.74) is 2.09. The summed E-state index contributed by atoms with van der Waals surface area (Å²) in [6.07, 6.45) is 10.4. The lowest BCUT2D eigenvalue weighted by molar-refractivity contribution is -0.139. The highest BCUT2D eigenvalue weighted by atomic mass is 32.1. The number of pyridine rings is 1. The normalized spacial score (nSPS) is 20.6. The Kier molecular flexibility index (Phi) is 8.49. The molecule has 0 saturated carbocycles. The van der Waals surface area contributed by atoms with Crippen LogP contribution in [0.5, 0.6) is 0 Å². The van der Waals surface area contributed by atoms with Crippen LogP contribution in [0.4, 0.5) is 0 Å². The van der Waals surface area contributed by atoms with Crippen molar-refractivity contribution in [3.63, 3.8) is 0 Å². The molecule has 1 N–H and O–H groups in total. The number of amides is 3. The predicted octanol–water partition coefficient (Wildman–Crippen LogP) is 3.67. The summed E-state index contributed by atoms with van der Waals surface area (Å²) in [6, 6.07) is 1.43. The van der Waals surface area contributed by atoms with E-state index in [0.29, 0.717) is 38.8 Å². The second kappa shape index (κ2) is 11.7. The smallest absolute Gasteiger partial charge is 0.243 e. The molecule has 0 aliphatic carbocycles. The Hall–Kier alpha value is -2.81. The minimum Gasteiger partial charge on any atom is -0.348 e. The van der Waals surface area contributed by atoms with Crippen molar-refractivity contribution in [1.82, 2.24) is 25.1 Å².